The van der Waals surface area contributed by atoms with Crippen molar-refractivity contribution in [2.24, 2.45) is 11.8 Å². The van der Waals surface area contributed by atoms with Gasteiger partial charge in [0, 0.05) is 0 Å². The Bertz CT molecular complexity index is 460. The summed E-state index contributed by atoms with van der Waals surface area (Å²) in [6, 6.07) is 0. The van der Waals surface area contributed by atoms with Gasteiger partial charge in [0.25, 0.3) is 0 Å². The predicted octanol–water partition coefficient (Wildman–Crippen LogP) is 4.72. The molecule has 0 saturated heterocycles. The largest absolute Gasteiger partial charge is 0.393 e. The van der Waals surface area contributed by atoms with Crippen LogP contribution in [0.25, 0.3) is 0 Å². The fourth-order valence-electron chi connectivity index (χ4n) is 2.67. The van der Waals surface area contributed by atoms with E-state index >= 15 is 0 Å². The average molecular weight is 363 g/mol. The maximum atomic E-state index is 10.0. The second kappa shape index (κ2) is 15.8. The van der Waals surface area contributed by atoms with Crippen molar-refractivity contribution in [2.75, 3.05) is 0 Å². The van der Waals surface area contributed by atoms with E-state index in [4.69, 9.17) is 0 Å². The van der Waals surface area contributed by atoms with Gasteiger partial charge in [0.05, 0.1) is 18.3 Å². The normalized spacial score (nSPS) is 18.7. The third-order valence-electron chi connectivity index (χ3n) is 4.53. The van der Waals surface area contributed by atoms with Gasteiger partial charge >= 0.3 is 0 Å². The number of aliphatic hydroxyl groups is 3. The van der Waals surface area contributed by atoms with Gasteiger partial charge in [-0.2, -0.15) is 0 Å². The lowest BCUT2D eigenvalue weighted by atomic mass is 9.87. The summed E-state index contributed by atoms with van der Waals surface area (Å²) in [5, 5.41) is 29.0. The summed E-state index contributed by atoms with van der Waals surface area (Å²) in [7, 11) is 0. The predicted molar refractivity (Wildman–Crippen MR) is 112 cm³/mol. The van der Waals surface area contributed by atoms with Crippen LogP contribution in [0.4, 0.5) is 0 Å². The molecule has 26 heavy (non-hydrogen) atoms. The molecule has 0 aromatic heterocycles. The zero-order valence-corrected chi connectivity index (χ0v) is 16.7. The Morgan fingerprint density at radius 3 is 1.85 bits per heavy atom. The first kappa shape index (κ1) is 24.6. The Balaban J connectivity index is 4.01. The molecule has 0 aliphatic carbocycles. The van der Waals surface area contributed by atoms with E-state index in [0.717, 1.165) is 12.8 Å². The van der Waals surface area contributed by atoms with Crippen molar-refractivity contribution in [1.29, 1.82) is 0 Å². The molecule has 3 heteroatoms. The van der Waals surface area contributed by atoms with Crippen molar-refractivity contribution in [3.63, 3.8) is 0 Å². The molecule has 0 fully saturated rings. The quantitative estimate of drug-likeness (QED) is 0.392. The van der Waals surface area contributed by atoms with Crippen LogP contribution in [-0.4, -0.2) is 33.6 Å². The van der Waals surface area contributed by atoms with Gasteiger partial charge in [-0.25, -0.2) is 0 Å². The molecule has 5 unspecified atom stereocenters. The van der Waals surface area contributed by atoms with Crippen molar-refractivity contribution >= 4 is 0 Å². The lowest BCUT2D eigenvalue weighted by molar-refractivity contribution is 0.0395. The molecule has 0 spiro atoms. The fourth-order valence-corrected chi connectivity index (χ4v) is 2.67. The molecule has 5 atom stereocenters. The van der Waals surface area contributed by atoms with E-state index in [9.17, 15) is 15.3 Å². The van der Waals surface area contributed by atoms with Crippen LogP contribution in [0.5, 0.6) is 0 Å². The van der Waals surface area contributed by atoms with Crippen LogP contribution in [0.1, 0.15) is 52.9 Å². The highest BCUT2D eigenvalue weighted by molar-refractivity contribution is 5.17. The van der Waals surface area contributed by atoms with Gasteiger partial charge in [0.1, 0.15) is 0 Å². The van der Waals surface area contributed by atoms with E-state index in [-0.39, 0.29) is 0 Å². The Morgan fingerprint density at radius 2 is 1.27 bits per heavy atom. The van der Waals surface area contributed by atoms with Crippen molar-refractivity contribution in [3.05, 3.63) is 61.3 Å². The Hall–Kier alpha value is -1.42. The van der Waals surface area contributed by atoms with Crippen molar-refractivity contribution in [1.82, 2.24) is 0 Å². The van der Waals surface area contributed by atoms with E-state index in [1.165, 1.54) is 0 Å². The Kier molecular flexibility index (Phi) is 14.9. The minimum Gasteiger partial charge on any atom is -0.393 e. The lowest BCUT2D eigenvalue weighted by Crippen LogP contribution is -2.22. The monoisotopic (exact) mass is 362 g/mol. The molecule has 0 saturated carbocycles. The van der Waals surface area contributed by atoms with Crippen LogP contribution in [0.3, 0.4) is 0 Å². The van der Waals surface area contributed by atoms with Gasteiger partial charge in [-0.3, -0.25) is 0 Å². The zero-order valence-electron chi connectivity index (χ0n) is 16.7. The standard InChI is InChI=1S/C23H38O3/c1-5-6-7-8-9-10-11-12-13-14-19(2)20(3)15-16-22(25)18-23(26)17-21(4)24/h5-13,19-26H,1,14-18H2,2-4H3/b7-6+,9-8+,11-10+,13-12+. The zero-order chi connectivity index (χ0) is 19.8. The first-order valence-electron chi connectivity index (χ1n) is 9.68. The van der Waals surface area contributed by atoms with Gasteiger partial charge in [-0.1, -0.05) is 75.1 Å². The van der Waals surface area contributed by atoms with E-state index in [0.29, 0.717) is 31.1 Å². The smallest absolute Gasteiger partial charge is 0.0589 e. The van der Waals surface area contributed by atoms with E-state index in [1.54, 1.807) is 13.0 Å². The van der Waals surface area contributed by atoms with Crippen molar-refractivity contribution in [2.45, 2.75) is 71.2 Å². The minimum absolute atomic E-state index is 0.320. The summed E-state index contributed by atoms with van der Waals surface area (Å²) in [5.74, 6) is 1.05. The SMILES string of the molecule is C=C/C=C/C=C/C=C/C=C/CC(C)C(C)CCC(O)CC(O)CC(C)O. The van der Waals surface area contributed by atoms with Crippen molar-refractivity contribution in [3.8, 4) is 0 Å². The molecule has 0 bridgehead atoms. The average Bonchev–Trinajstić information content (AvgIpc) is 2.57. The lowest BCUT2D eigenvalue weighted by Gasteiger charge is -2.21. The fraction of sp³-hybridized carbons (Fsp3) is 0.565. The molecule has 148 valence electrons. The summed E-state index contributed by atoms with van der Waals surface area (Å²) in [4.78, 5) is 0. The Morgan fingerprint density at radius 1 is 0.692 bits per heavy atom. The summed E-state index contributed by atoms with van der Waals surface area (Å²) in [6.07, 6.45) is 19.4. The minimum atomic E-state index is -0.631. The van der Waals surface area contributed by atoms with Crippen LogP contribution in [0.2, 0.25) is 0 Å². The van der Waals surface area contributed by atoms with Gasteiger partial charge in [0.15, 0.2) is 0 Å². The molecule has 3 nitrogen and oxygen atoms in total. The molecule has 0 aliphatic heterocycles. The summed E-state index contributed by atoms with van der Waals surface area (Å²) >= 11 is 0. The van der Waals surface area contributed by atoms with Gasteiger partial charge < -0.3 is 15.3 Å². The van der Waals surface area contributed by atoms with Crippen LogP contribution >= 0.6 is 0 Å². The molecular weight excluding hydrogens is 324 g/mol. The first-order chi connectivity index (χ1) is 12.4. The maximum Gasteiger partial charge on any atom is 0.0589 e. The number of hydrogen-bond donors (Lipinski definition) is 3. The molecule has 0 rings (SSSR count). The van der Waals surface area contributed by atoms with Gasteiger partial charge in [-0.05, 0) is 50.9 Å². The summed E-state index contributed by atoms with van der Waals surface area (Å²) in [5.41, 5.74) is 0. The highest BCUT2D eigenvalue weighted by atomic mass is 16.3. The Labute approximate surface area is 160 Å². The molecule has 3 N–H and O–H groups in total. The van der Waals surface area contributed by atoms with Crippen LogP contribution < -0.4 is 0 Å². The number of allylic oxidation sites excluding steroid dienone is 9. The van der Waals surface area contributed by atoms with Crippen LogP contribution in [-0.2, 0) is 0 Å². The van der Waals surface area contributed by atoms with Gasteiger partial charge in [-0.15, -0.1) is 0 Å². The first-order valence-corrected chi connectivity index (χ1v) is 9.68. The number of aliphatic hydroxyl groups excluding tert-OH is 3. The second-order valence-corrected chi connectivity index (χ2v) is 7.21. The number of hydrogen-bond acceptors (Lipinski definition) is 3. The highest BCUT2D eigenvalue weighted by Crippen LogP contribution is 2.22. The molecule has 0 aliphatic rings. The summed E-state index contributed by atoms with van der Waals surface area (Å²) in [6.45, 7) is 9.70. The third kappa shape index (κ3) is 14.9. The number of rotatable bonds is 14. The third-order valence-corrected chi connectivity index (χ3v) is 4.53. The topological polar surface area (TPSA) is 60.7 Å². The van der Waals surface area contributed by atoms with E-state index < -0.39 is 18.3 Å². The van der Waals surface area contributed by atoms with Crippen molar-refractivity contribution < 1.29 is 15.3 Å². The van der Waals surface area contributed by atoms with Crippen LogP contribution in [0.15, 0.2) is 61.3 Å². The van der Waals surface area contributed by atoms with E-state index in [1.807, 2.05) is 36.5 Å². The highest BCUT2D eigenvalue weighted by Gasteiger charge is 2.17. The summed E-state index contributed by atoms with van der Waals surface area (Å²) < 4.78 is 0. The maximum absolute atomic E-state index is 10.0. The molecular formula is C23H38O3. The second-order valence-electron chi connectivity index (χ2n) is 7.21. The molecule has 0 aromatic rings. The molecule has 0 amide bonds. The van der Waals surface area contributed by atoms with E-state index in [2.05, 4.69) is 32.6 Å². The molecule has 0 heterocycles. The van der Waals surface area contributed by atoms with Gasteiger partial charge in [0.2, 0.25) is 0 Å². The van der Waals surface area contributed by atoms with Crippen LogP contribution in [0, 0.1) is 11.8 Å². The molecule has 0 radical (unpaired) electrons. The molecule has 0 aromatic carbocycles.